The Balaban J connectivity index is 1.36. The van der Waals surface area contributed by atoms with E-state index in [9.17, 15) is 9.59 Å². The minimum atomic E-state index is -0.456. The summed E-state index contributed by atoms with van der Waals surface area (Å²) in [6.45, 7) is 12.7. The van der Waals surface area contributed by atoms with Crippen LogP contribution in [0, 0.1) is 29.1 Å². The fourth-order valence-electron chi connectivity index (χ4n) is 5.43. The summed E-state index contributed by atoms with van der Waals surface area (Å²) in [6, 6.07) is 0. The molecule has 1 saturated heterocycles. The molecular weight excluding hydrogens is 340 g/mol. The Morgan fingerprint density at radius 1 is 1.11 bits per heavy atom. The number of ether oxygens (including phenoxy) is 1. The van der Waals surface area contributed by atoms with Crippen molar-refractivity contribution in [3.05, 3.63) is 0 Å². The predicted molar refractivity (Wildman–Crippen MR) is 106 cm³/mol. The van der Waals surface area contributed by atoms with Gasteiger partial charge in [0.15, 0.2) is 0 Å². The number of amides is 2. The number of carbonyl (C=O) groups is 2. The quantitative estimate of drug-likeness (QED) is 0.797. The molecule has 4 aliphatic rings. The van der Waals surface area contributed by atoms with Gasteiger partial charge in [-0.15, -0.1) is 0 Å². The average molecular weight is 379 g/mol. The van der Waals surface area contributed by atoms with Crippen molar-refractivity contribution in [3.8, 4) is 0 Å². The lowest BCUT2D eigenvalue weighted by Gasteiger charge is -2.60. The van der Waals surface area contributed by atoms with Gasteiger partial charge in [-0.1, -0.05) is 13.8 Å². The molecule has 2 amide bonds. The van der Waals surface area contributed by atoms with Gasteiger partial charge < -0.3 is 15.0 Å². The van der Waals surface area contributed by atoms with Crippen LogP contribution in [0.5, 0.6) is 0 Å². The van der Waals surface area contributed by atoms with E-state index in [2.05, 4.69) is 19.2 Å². The molecule has 27 heavy (non-hydrogen) atoms. The highest BCUT2D eigenvalue weighted by Gasteiger charge is 2.53. The minimum Gasteiger partial charge on any atom is -0.444 e. The van der Waals surface area contributed by atoms with Crippen LogP contribution in [0.3, 0.4) is 0 Å². The minimum absolute atomic E-state index is 0.185. The van der Waals surface area contributed by atoms with E-state index in [1.807, 2.05) is 20.8 Å². The van der Waals surface area contributed by atoms with Gasteiger partial charge >= 0.3 is 6.09 Å². The second-order valence-electron chi connectivity index (χ2n) is 10.6. The molecule has 0 aromatic carbocycles. The first-order valence-corrected chi connectivity index (χ1v) is 10.8. The molecule has 1 N–H and O–H groups in total. The van der Waals surface area contributed by atoms with Crippen molar-refractivity contribution in [1.82, 2.24) is 10.2 Å². The number of rotatable bonds is 4. The van der Waals surface area contributed by atoms with Gasteiger partial charge in [0.1, 0.15) is 5.60 Å². The van der Waals surface area contributed by atoms with E-state index in [1.165, 1.54) is 19.3 Å². The van der Waals surface area contributed by atoms with Gasteiger partial charge in [-0.25, -0.2) is 4.79 Å². The molecule has 3 aliphatic carbocycles. The van der Waals surface area contributed by atoms with Crippen LogP contribution >= 0.6 is 0 Å². The van der Waals surface area contributed by atoms with Crippen molar-refractivity contribution in [3.63, 3.8) is 0 Å². The SMILES string of the molecule is CC(C)(C)OC(=O)N1CCC(CC(=O)NC[C@H]2CC[C@@H]3C[C@H]2C3(C)C)CC1. The Labute approximate surface area is 164 Å². The number of carbonyl (C=O) groups excluding carboxylic acids is 2. The van der Waals surface area contributed by atoms with Crippen molar-refractivity contribution in [2.75, 3.05) is 19.6 Å². The van der Waals surface area contributed by atoms with Crippen LogP contribution in [0.25, 0.3) is 0 Å². The first-order chi connectivity index (χ1) is 12.6. The molecule has 4 fully saturated rings. The largest absolute Gasteiger partial charge is 0.444 e. The number of piperidine rings is 1. The molecule has 0 spiro atoms. The molecule has 5 heteroatoms. The number of hydrogen-bond donors (Lipinski definition) is 1. The number of fused-ring (bicyclic) bond motifs is 2. The van der Waals surface area contributed by atoms with Crippen molar-refractivity contribution < 1.29 is 14.3 Å². The smallest absolute Gasteiger partial charge is 0.410 e. The highest BCUT2D eigenvalue weighted by atomic mass is 16.6. The fourth-order valence-corrected chi connectivity index (χ4v) is 5.43. The Kier molecular flexibility index (Phi) is 5.79. The van der Waals surface area contributed by atoms with E-state index in [1.54, 1.807) is 4.90 Å². The first-order valence-electron chi connectivity index (χ1n) is 10.8. The maximum Gasteiger partial charge on any atom is 0.410 e. The van der Waals surface area contributed by atoms with E-state index >= 15 is 0 Å². The third-order valence-electron chi connectivity index (χ3n) is 7.30. The molecular formula is C22H38N2O3. The van der Waals surface area contributed by atoms with Crippen molar-refractivity contribution in [2.45, 2.75) is 78.7 Å². The zero-order valence-electron chi connectivity index (χ0n) is 17.8. The molecule has 3 saturated carbocycles. The van der Waals surface area contributed by atoms with E-state index in [-0.39, 0.29) is 12.0 Å². The standard InChI is InChI=1S/C22H38N2O3/c1-21(2,3)27-20(26)24-10-8-15(9-11-24)12-19(25)23-14-16-6-7-17-13-18(16)22(17,4)5/h15-18H,6-14H2,1-5H3,(H,23,25)/t16-,17-,18-/m1/s1. The molecule has 0 aromatic rings. The van der Waals surface area contributed by atoms with Crippen molar-refractivity contribution in [1.29, 1.82) is 0 Å². The normalized spacial score (nSPS) is 30.4. The van der Waals surface area contributed by atoms with Crippen LogP contribution in [0.4, 0.5) is 4.79 Å². The molecule has 1 heterocycles. The van der Waals surface area contributed by atoms with E-state index in [0.29, 0.717) is 36.8 Å². The Morgan fingerprint density at radius 3 is 2.33 bits per heavy atom. The third kappa shape index (κ3) is 4.78. The van der Waals surface area contributed by atoms with Crippen molar-refractivity contribution in [2.24, 2.45) is 29.1 Å². The van der Waals surface area contributed by atoms with Gasteiger partial charge in [0.25, 0.3) is 0 Å². The molecule has 3 atom stereocenters. The second kappa shape index (κ2) is 7.63. The summed E-state index contributed by atoms with van der Waals surface area (Å²) < 4.78 is 5.44. The highest BCUT2D eigenvalue weighted by molar-refractivity contribution is 5.76. The predicted octanol–water partition coefficient (Wildman–Crippen LogP) is 4.21. The Bertz CT molecular complexity index is 556. The van der Waals surface area contributed by atoms with E-state index in [4.69, 9.17) is 4.74 Å². The van der Waals surface area contributed by atoms with Gasteiger partial charge in [-0.2, -0.15) is 0 Å². The molecule has 1 aliphatic heterocycles. The summed E-state index contributed by atoms with van der Waals surface area (Å²) in [5, 5.41) is 3.21. The first kappa shape index (κ1) is 20.5. The Morgan fingerprint density at radius 2 is 1.78 bits per heavy atom. The molecule has 154 valence electrons. The molecule has 0 radical (unpaired) electrons. The van der Waals surface area contributed by atoms with Crippen LogP contribution < -0.4 is 5.32 Å². The molecule has 5 nitrogen and oxygen atoms in total. The van der Waals surface area contributed by atoms with Crippen molar-refractivity contribution >= 4 is 12.0 Å². The monoisotopic (exact) mass is 378 g/mol. The number of nitrogens with zero attached hydrogens (tertiary/aromatic N) is 1. The fraction of sp³-hybridized carbons (Fsp3) is 0.909. The van der Waals surface area contributed by atoms with Crippen LogP contribution in [-0.4, -0.2) is 42.1 Å². The average Bonchev–Trinajstić information content (AvgIpc) is 2.59. The van der Waals surface area contributed by atoms with E-state index < -0.39 is 5.60 Å². The van der Waals surface area contributed by atoms with Gasteiger partial charge in [0.05, 0.1) is 0 Å². The van der Waals surface area contributed by atoms with Gasteiger partial charge in [-0.3, -0.25) is 4.79 Å². The number of hydrogen-bond acceptors (Lipinski definition) is 3. The molecule has 0 unspecified atom stereocenters. The van der Waals surface area contributed by atoms with Crippen LogP contribution in [0.1, 0.15) is 73.1 Å². The maximum atomic E-state index is 12.4. The Hall–Kier alpha value is -1.26. The summed E-state index contributed by atoms with van der Waals surface area (Å²) in [4.78, 5) is 26.3. The topological polar surface area (TPSA) is 58.6 Å². The lowest BCUT2D eigenvalue weighted by molar-refractivity contribution is -0.126. The summed E-state index contributed by atoms with van der Waals surface area (Å²) >= 11 is 0. The number of likely N-dealkylation sites (tertiary alicyclic amines) is 1. The summed E-state index contributed by atoms with van der Waals surface area (Å²) in [5.74, 6) is 2.91. The molecule has 4 rings (SSSR count). The lowest BCUT2D eigenvalue weighted by Crippen LogP contribution is -2.54. The summed E-state index contributed by atoms with van der Waals surface area (Å²) in [6.07, 6.45) is 6.08. The van der Waals surface area contributed by atoms with Crippen LogP contribution in [-0.2, 0) is 9.53 Å². The molecule has 2 bridgehead atoms. The zero-order chi connectivity index (χ0) is 19.8. The van der Waals surface area contributed by atoms with Gasteiger partial charge in [0, 0.05) is 26.1 Å². The highest BCUT2D eigenvalue weighted by Crippen LogP contribution is 2.61. The summed E-state index contributed by atoms with van der Waals surface area (Å²) in [7, 11) is 0. The zero-order valence-corrected chi connectivity index (χ0v) is 17.8. The van der Waals surface area contributed by atoms with Crippen LogP contribution in [0.2, 0.25) is 0 Å². The maximum absolute atomic E-state index is 12.4. The van der Waals surface area contributed by atoms with Gasteiger partial charge in [0.2, 0.25) is 5.91 Å². The van der Waals surface area contributed by atoms with Gasteiger partial charge in [-0.05, 0) is 82.0 Å². The molecule has 0 aromatic heterocycles. The second-order valence-corrected chi connectivity index (χ2v) is 10.6. The number of nitrogens with one attached hydrogen (secondary N) is 1. The van der Waals surface area contributed by atoms with Crippen LogP contribution in [0.15, 0.2) is 0 Å². The lowest BCUT2D eigenvalue weighted by atomic mass is 9.45. The summed E-state index contributed by atoms with van der Waals surface area (Å²) in [5.41, 5.74) is 0.0179. The third-order valence-corrected chi connectivity index (χ3v) is 7.30. The van der Waals surface area contributed by atoms with E-state index in [0.717, 1.165) is 31.2 Å².